The summed E-state index contributed by atoms with van der Waals surface area (Å²) in [6.45, 7) is 0.439. The van der Waals surface area contributed by atoms with Gasteiger partial charge in [-0.15, -0.1) is 0 Å². The summed E-state index contributed by atoms with van der Waals surface area (Å²) in [5, 5.41) is 11.6. The number of rotatable bonds is 1. The Morgan fingerprint density at radius 1 is 1.35 bits per heavy atom. The Morgan fingerprint density at radius 3 is 2.94 bits per heavy atom. The summed E-state index contributed by atoms with van der Waals surface area (Å²) in [4.78, 5) is 12.6. The second-order valence-electron chi connectivity index (χ2n) is 4.59. The molecule has 1 aromatic carbocycles. The number of nitrogens with one attached hydrogen (secondary N) is 1. The molecule has 1 atom stereocenters. The van der Waals surface area contributed by atoms with Gasteiger partial charge in [0, 0.05) is 0 Å². The van der Waals surface area contributed by atoms with Crippen molar-refractivity contribution in [1.29, 1.82) is 5.26 Å². The predicted octanol–water partition coefficient (Wildman–Crippen LogP) is 1.72. The molecule has 3 rings (SSSR count). The molecule has 1 aromatic rings. The second kappa shape index (κ2) is 3.77. The molecule has 1 heterocycles. The van der Waals surface area contributed by atoms with Crippen molar-refractivity contribution in [3.05, 3.63) is 34.9 Å². The molecule has 0 spiro atoms. The molecule has 0 aromatic heterocycles. The molecule has 0 saturated carbocycles. The zero-order valence-corrected chi connectivity index (χ0v) is 9.44. The highest BCUT2D eigenvalue weighted by Gasteiger charge is 2.30. The SMILES string of the molecule is N#CN1CC(c2ccc3c(c2)CCC3)NC1=O. The number of urea groups is 1. The van der Waals surface area contributed by atoms with Crippen LogP contribution in [0.3, 0.4) is 0 Å². The van der Waals surface area contributed by atoms with Crippen molar-refractivity contribution in [2.75, 3.05) is 6.54 Å². The Morgan fingerprint density at radius 2 is 2.18 bits per heavy atom. The van der Waals surface area contributed by atoms with E-state index in [9.17, 15) is 4.79 Å². The van der Waals surface area contributed by atoms with Gasteiger partial charge >= 0.3 is 6.03 Å². The maximum atomic E-state index is 11.4. The van der Waals surface area contributed by atoms with Gasteiger partial charge in [-0.25, -0.2) is 9.69 Å². The number of carbonyl (C=O) groups excluding carboxylic acids is 1. The van der Waals surface area contributed by atoms with Crippen LogP contribution in [0.5, 0.6) is 0 Å². The van der Waals surface area contributed by atoms with Gasteiger partial charge in [0.15, 0.2) is 6.19 Å². The van der Waals surface area contributed by atoms with Crippen molar-refractivity contribution in [3.63, 3.8) is 0 Å². The van der Waals surface area contributed by atoms with Crippen LogP contribution in [0.1, 0.15) is 29.2 Å². The third-order valence-electron chi connectivity index (χ3n) is 3.55. The van der Waals surface area contributed by atoms with Crippen molar-refractivity contribution in [2.45, 2.75) is 25.3 Å². The molecule has 1 N–H and O–H groups in total. The number of nitrogens with zero attached hydrogens (tertiary/aromatic N) is 2. The Bertz CT molecular complexity index is 518. The average molecular weight is 227 g/mol. The number of amides is 2. The first kappa shape index (κ1) is 10.2. The first-order valence-electron chi connectivity index (χ1n) is 5.87. The summed E-state index contributed by atoms with van der Waals surface area (Å²) in [5.41, 5.74) is 3.93. The lowest BCUT2D eigenvalue weighted by atomic mass is 10.0. The van der Waals surface area contributed by atoms with Gasteiger partial charge in [0.25, 0.3) is 0 Å². The number of hydrogen-bond acceptors (Lipinski definition) is 2. The fourth-order valence-electron chi connectivity index (χ4n) is 2.62. The highest BCUT2D eigenvalue weighted by molar-refractivity contribution is 5.78. The minimum atomic E-state index is -0.294. The highest BCUT2D eigenvalue weighted by atomic mass is 16.2. The lowest BCUT2D eigenvalue weighted by Crippen LogP contribution is -2.23. The summed E-state index contributed by atoms with van der Waals surface area (Å²) in [7, 11) is 0. The van der Waals surface area contributed by atoms with Gasteiger partial charge < -0.3 is 5.32 Å². The molecular formula is C13H13N3O. The van der Waals surface area contributed by atoms with Gasteiger partial charge in [-0.1, -0.05) is 18.2 Å². The summed E-state index contributed by atoms with van der Waals surface area (Å²) in [6, 6.07) is 6.05. The monoisotopic (exact) mass is 227 g/mol. The number of benzene rings is 1. The molecule has 1 fully saturated rings. The first-order chi connectivity index (χ1) is 8.28. The van der Waals surface area contributed by atoms with Gasteiger partial charge in [-0.3, -0.25) is 0 Å². The van der Waals surface area contributed by atoms with E-state index < -0.39 is 0 Å². The van der Waals surface area contributed by atoms with Crippen molar-refractivity contribution in [1.82, 2.24) is 10.2 Å². The summed E-state index contributed by atoms with van der Waals surface area (Å²) < 4.78 is 0. The lowest BCUT2D eigenvalue weighted by molar-refractivity contribution is 0.232. The average Bonchev–Trinajstić information content (AvgIpc) is 2.93. The molecule has 2 amide bonds. The van der Waals surface area contributed by atoms with E-state index in [0.717, 1.165) is 23.3 Å². The van der Waals surface area contributed by atoms with Crippen LogP contribution in [-0.2, 0) is 12.8 Å². The van der Waals surface area contributed by atoms with Crippen LogP contribution in [0, 0.1) is 11.5 Å². The topological polar surface area (TPSA) is 56.1 Å². The molecule has 1 saturated heterocycles. The molecule has 17 heavy (non-hydrogen) atoms. The lowest BCUT2D eigenvalue weighted by Gasteiger charge is -2.10. The minimum absolute atomic E-state index is 0.0481. The van der Waals surface area contributed by atoms with Crippen LogP contribution in [0.4, 0.5) is 4.79 Å². The molecule has 0 bridgehead atoms. The van der Waals surface area contributed by atoms with E-state index >= 15 is 0 Å². The Labute approximate surface area is 99.8 Å². The van der Waals surface area contributed by atoms with Gasteiger partial charge in [0.05, 0.1) is 12.6 Å². The Kier molecular flexibility index (Phi) is 2.25. The molecule has 4 heteroatoms. The van der Waals surface area contributed by atoms with Crippen LogP contribution in [0.25, 0.3) is 0 Å². The smallest absolute Gasteiger partial charge is 0.328 e. The van der Waals surface area contributed by atoms with Gasteiger partial charge in [-0.05, 0) is 36.0 Å². The van der Waals surface area contributed by atoms with Crippen LogP contribution in [-0.4, -0.2) is 17.5 Å². The molecule has 0 radical (unpaired) electrons. The predicted molar refractivity (Wildman–Crippen MR) is 62.1 cm³/mol. The number of aryl methyl sites for hydroxylation is 2. The molecular weight excluding hydrogens is 214 g/mol. The van der Waals surface area contributed by atoms with E-state index in [1.165, 1.54) is 17.5 Å². The van der Waals surface area contributed by atoms with Crippen LogP contribution >= 0.6 is 0 Å². The largest absolute Gasteiger partial charge is 0.331 e. The zero-order chi connectivity index (χ0) is 11.8. The van der Waals surface area contributed by atoms with E-state index in [0.29, 0.717) is 6.54 Å². The van der Waals surface area contributed by atoms with E-state index in [1.807, 2.05) is 6.19 Å². The summed E-state index contributed by atoms with van der Waals surface area (Å²) in [6.07, 6.45) is 5.40. The highest BCUT2D eigenvalue weighted by Crippen LogP contribution is 2.27. The Hall–Kier alpha value is -2.02. The number of carbonyl (C=O) groups is 1. The van der Waals surface area contributed by atoms with Crippen LogP contribution < -0.4 is 5.32 Å². The summed E-state index contributed by atoms with van der Waals surface area (Å²) in [5.74, 6) is 0. The molecule has 1 aliphatic heterocycles. The van der Waals surface area contributed by atoms with Crippen molar-refractivity contribution < 1.29 is 4.79 Å². The van der Waals surface area contributed by atoms with Gasteiger partial charge in [0.2, 0.25) is 0 Å². The van der Waals surface area contributed by atoms with Crippen LogP contribution in [0.15, 0.2) is 18.2 Å². The van der Waals surface area contributed by atoms with E-state index in [1.54, 1.807) is 0 Å². The maximum absolute atomic E-state index is 11.4. The van der Waals surface area contributed by atoms with Crippen molar-refractivity contribution in [3.8, 4) is 6.19 Å². The van der Waals surface area contributed by atoms with Crippen molar-refractivity contribution >= 4 is 6.03 Å². The number of hydrogen-bond donors (Lipinski definition) is 1. The van der Waals surface area contributed by atoms with Gasteiger partial charge in [0.1, 0.15) is 0 Å². The number of nitriles is 1. The molecule has 86 valence electrons. The maximum Gasteiger partial charge on any atom is 0.331 e. The fourth-order valence-corrected chi connectivity index (χ4v) is 2.62. The van der Waals surface area contributed by atoms with E-state index in [4.69, 9.17) is 5.26 Å². The Balaban J connectivity index is 1.87. The number of fused-ring (bicyclic) bond motifs is 1. The van der Waals surface area contributed by atoms with Gasteiger partial charge in [-0.2, -0.15) is 5.26 Å². The third kappa shape index (κ3) is 1.64. The molecule has 2 aliphatic rings. The first-order valence-corrected chi connectivity index (χ1v) is 5.87. The third-order valence-corrected chi connectivity index (χ3v) is 3.55. The summed E-state index contributed by atoms with van der Waals surface area (Å²) >= 11 is 0. The fraction of sp³-hybridized carbons (Fsp3) is 0.385. The molecule has 4 nitrogen and oxygen atoms in total. The van der Waals surface area contributed by atoms with Crippen LogP contribution in [0.2, 0.25) is 0 Å². The van der Waals surface area contributed by atoms with Crippen molar-refractivity contribution in [2.24, 2.45) is 0 Å². The standard InChI is InChI=1S/C13H13N3O/c14-8-16-7-12(15-13(16)17)11-5-4-9-2-1-3-10(9)6-11/h4-6,12H,1-3,7H2,(H,15,17). The molecule has 1 unspecified atom stereocenters. The second-order valence-corrected chi connectivity index (χ2v) is 4.59. The normalized spacial score (nSPS) is 22.2. The zero-order valence-electron chi connectivity index (χ0n) is 9.44. The molecule has 1 aliphatic carbocycles. The van der Waals surface area contributed by atoms with E-state index in [-0.39, 0.29) is 12.1 Å². The minimum Gasteiger partial charge on any atom is -0.328 e. The quantitative estimate of drug-likeness (QED) is 0.743. The van der Waals surface area contributed by atoms with E-state index in [2.05, 4.69) is 23.5 Å².